The Morgan fingerprint density at radius 1 is 0.938 bits per heavy atom. The molecular formula is C26H24ClN3OS. The molecule has 2 aliphatic rings. The monoisotopic (exact) mass is 461 g/mol. The summed E-state index contributed by atoms with van der Waals surface area (Å²) in [4.78, 5) is 24.6. The van der Waals surface area contributed by atoms with Gasteiger partial charge in [0.15, 0.2) is 0 Å². The summed E-state index contributed by atoms with van der Waals surface area (Å²) in [5.74, 6) is 0.0639. The van der Waals surface area contributed by atoms with E-state index in [-0.39, 0.29) is 5.91 Å². The SMILES string of the molecule is CC1=Nc2cc(C(=O)N3CCN(c4cccc(Cl)c4)CC3)ccc2Sc2ccc(C)cc21. The molecule has 1 fully saturated rings. The first-order chi connectivity index (χ1) is 15.5. The van der Waals surface area contributed by atoms with Gasteiger partial charge in [-0.1, -0.05) is 41.1 Å². The second kappa shape index (κ2) is 8.64. The van der Waals surface area contributed by atoms with Crippen LogP contribution in [0.1, 0.15) is 28.4 Å². The lowest BCUT2D eigenvalue weighted by Crippen LogP contribution is -2.48. The minimum absolute atomic E-state index is 0.0639. The third-order valence-electron chi connectivity index (χ3n) is 5.98. The van der Waals surface area contributed by atoms with Crippen molar-refractivity contribution in [3.63, 3.8) is 0 Å². The lowest BCUT2D eigenvalue weighted by atomic mass is 10.1. The van der Waals surface area contributed by atoms with Crippen LogP contribution in [-0.4, -0.2) is 42.7 Å². The maximum absolute atomic E-state index is 13.2. The van der Waals surface area contributed by atoms with Gasteiger partial charge in [-0.15, -0.1) is 0 Å². The summed E-state index contributed by atoms with van der Waals surface area (Å²) in [7, 11) is 0. The maximum Gasteiger partial charge on any atom is 0.254 e. The smallest absolute Gasteiger partial charge is 0.254 e. The lowest BCUT2D eigenvalue weighted by molar-refractivity contribution is 0.0746. The first-order valence-corrected chi connectivity index (χ1v) is 12.0. The molecule has 162 valence electrons. The van der Waals surface area contributed by atoms with E-state index in [9.17, 15) is 4.79 Å². The topological polar surface area (TPSA) is 35.9 Å². The van der Waals surface area contributed by atoms with Crippen LogP contribution in [0.2, 0.25) is 5.02 Å². The molecule has 5 rings (SSSR count). The van der Waals surface area contributed by atoms with E-state index in [1.165, 1.54) is 10.5 Å². The molecule has 0 bridgehead atoms. The number of fused-ring (bicyclic) bond motifs is 2. The van der Waals surface area contributed by atoms with E-state index in [0.29, 0.717) is 18.7 Å². The Morgan fingerprint density at radius 3 is 2.50 bits per heavy atom. The standard InChI is InChI=1S/C26H24ClN3OS/c1-17-6-8-24-22(14-17)18(2)28-23-15-19(7-9-25(23)32-24)26(31)30-12-10-29(11-13-30)21-5-3-4-20(27)16-21/h3-9,14-16H,10-13H2,1-2H3. The average molecular weight is 462 g/mol. The van der Waals surface area contributed by atoms with Gasteiger partial charge in [-0.25, -0.2) is 0 Å². The number of aliphatic imine (C=N–C) groups is 1. The number of aryl methyl sites for hydroxylation is 1. The number of carbonyl (C=O) groups excluding carboxylic acids is 1. The van der Waals surface area contributed by atoms with Gasteiger partial charge < -0.3 is 9.80 Å². The van der Waals surface area contributed by atoms with Crippen molar-refractivity contribution in [3.05, 3.63) is 82.4 Å². The van der Waals surface area contributed by atoms with Crippen molar-refractivity contribution in [2.24, 2.45) is 4.99 Å². The summed E-state index contributed by atoms with van der Waals surface area (Å²) >= 11 is 7.85. The van der Waals surface area contributed by atoms with E-state index >= 15 is 0 Å². The zero-order valence-electron chi connectivity index (χ0n) is 18.1. The van der Waals surface area contributed by atoms with Crippen LogP contribution in [0.3, 0.4) is 0 Å². The van der Waals surface area contributed by atoms with Crippen LogP contribution in [0.15, 0.2) is 75.4 Å². The quantitative estimate of drug-likeness (QED) is 0.454. The van der Waals surface area contributed by atoms with E-state index in [0.717, 1.165) is 45.7 Å². The van der Waals surface area contributed by atoms with Crippen molar-refractivity contribution in [2.45, 2.75) is 23.6 Å². The third-order valence-corrected chi connectivity index (χ3v) is 7.36. The predicted octanol–water partition coefficient (Wildman–Crippen LogP) is 6.22. The second-order valence-electron chi connectivity index (χ2n) is 8.24. The number of benzene rings is 3. The van der Waals surface area contributed by atoms with Gasteiger partial charge in [0.2, 0.25) is 0 Å². The number of carbonyl (C=O) groups is 1. The summed E-state index contributed by atoms with van der Waals surface area (Å²) in [6.07, 6.45) is 0. The summed E-state index contributed by atoms with van der Waals surface area (Å²) in [5, 5.41) is 0.733. The molecule has 0 aromatic heterocycles. The minimum Gasteiger partial charge on any atom is -0.368 e. The number of nitrogens with zero attached hydrogens (tertiary/aromatic N) is 3. The molecule has 0 saturated carbocycles. The Bertz CT molecular complexity index is 1230. The third kappa shape index (κ3) is 4.15. The van der Waals surface area contributed by atoms with E-state index in [4.69, 9.17) is 16.6 Å². The number of amides is 1. The molecule has 6 heteroatoms. The highest BCUT2D eigenvalue weighted by molar-refractivity contribution is 7.99. The van der Waals surface area contributed by atoms with Crippen molar-refractivity contribution < 1.29 is 4.79 Å². The molecule has 3 aromatic carbocycles. The van der Waals surface area contributed by atoms with Crippen LogP contribution >= 0.6 is 23.4 Å². The van der Waals surface area contributed by atoms with Crippen LogP contribution in [0.5, 0.6) is 0 Å². The Kier molecular flexibility index (Phi) is 5.70. The molecule has 4 nitrogen and oxygen atoms in total. The molecule has 1 saturated heterocycles. The highest BCUT2D eigenvalue weighted by Gasteiger charge is 2.24. The number of halogens is 1. The summed E-state index contributed by atoms with van der Waals surface area (Å²) in [5.41, 5.74) is 6.03. The fourth-order valence-electron chi connectivity index (χ4n) is 4.22. The largest absolute Gasteiger partial charge is 0.368 e. The van der Waals surface area contributed by atoms with Gasteiger partial charge in [-0.2, -0.15) is 0 Å². The fraction of sp³-hybridized carbons (Fsp3) is 0.231. The van der Waals surface area contributed by atoms with E-state index in [1.807, 2.05) is 48.2 Å². The van der Waals surface area contributed by atoms with Crippen molar-refractivity contribution in [1.82, 2.24) is 4.90 Å². The molecule has 0 radical (unpaired) electrons. The molecule has 0 N–H and O–H groups in total. The number of anilines is 1. The van der Waals surface area contributed by atoms with Gasteiger partial charge >= 0.3 is 0 Å². The van der Waals surface area contributed by atoms with Crippen molar-refractivity contribution in [3.8, 4) is 0 Å². The zero-order chi connectivity index (χ0) is 22.2. The van der Waals surface area contributed by atoms with Crippen LogP contribution in [-0.2, 0) is 0 Å². The molecule has 0 spiro atoms. The Labute approximate surface area is 197 Å². The maximum atomic E-state index is 13.2. The number of rotatable bonds is 2. The van der Waals surface area contributed by atoms with Crippen molar-refractivity contribution in [1.29, 1.82) is 0 Å². The van der Waals surface area contributed by atoms with Gasteiger partial charge in [0, 0.05) is 63.5 Å². The summed E-state index contributed by atoms with van der Waals surface area (Å²) < 4.78 is 0. The average Bonchev–Trinajstić information content (AvgIpc) is 2.94. The Morgan fingerprint density at radius 2 is 1.72 bits per heavy atom. The predicted molar refractivity (Wildman–Crippen MR) is 133 cm³/mol. The molecule has 3 aromatic rings. The molecule has 2 heterocycles. The second-order valence-corrected chi connectivity index (χ2v) is 9.76. The van der Waals surface area contributed by atoms with Crippen LogP contribution in [0.4, 0.5) is 11.4 Å². The van der Waals surface area contributed by atoms with Crippen LogP contribution in [0, 0.1) is 6.92 Å². The molecular weight excluding hydrogens is 438 g/mol. The lowest BCUT2D eigenvalue weighted by Gasteiger charge is -2.36. The number of piperazine rings is 1. The molecule has 0 aliphatic carbocycles. The molecule has 1 amide bonds. The normalized spacial score (nSPS) is 15.5. The highest BCUT2D eigenvalue weighted by atomic mass is 35.5. The first kappa shape index (κ1) is 21.1. The molecule has 0 unspecified atom stereocenters. The highest BCUT2D eigenvalue weighted by Crippen LogP contribution is 2.41. The van der Waals surface area contributed by atoms with Gasteiger partial charge in [0.1, 0.15) is 0 Å². The first-order valence-electron chi connectivity index (χ1n) is 10.8. The van der Waals surface area contributed by atoms with Gasteiger partial charge in [-0.3, -0.25) is 9.79 Å². The Balaban J connectivity index is 1.34. The van der Waals surface area contributed by atoms with E-state index in [1.54, 1.807) is 11.8 Å². The summed E-state index contributed by atoms with van der Waals surface area (Å²) in [6, 6.07) is 20.2. The van der Waals surface area contributed by atoms with Crippen LogP contribution < -0.4 is 4.90 Å². The van der Waals surface area contributed by atoms with E-state index in [2.05, 4.69) is 36.1 Å². The van der Waals surface area contributed by atoms with Crippen molar-refractivity contribution in [2.75, 3.05) is 31.1 Å². The van der Waals surface area contributed by atoms with Gasteiger partial charge in [-0.05, 0) is 62.4 Å². The van der Waals surface area contributed by atoms with Gasteiger partial charge in [0.25, 0.3) is 5.91 Å². The molecule has 32 heavy (non-hydrogen) atoms. The number of hydrogen-bond donors (Lipinski definition) is 0. The fourth-order valence-corrected chi connectivity index (χ4v) is 5.44. The van der Waals surface area contributed by atoms with Crippen LogP contribution in [0.25, 0.3) is 0 Å². The molecule has 0 atom stereocenters. The van der Waals surface area contributed by atoms with Crippen molar-refractivity contribution >= 4 is 46.4 Å². The zero-order valence-corrected chi connectivity index (χ0v) is 19.7. The Hall–Kier alpha value is -2.76. The summed E-state index contributed by atoms with van der Waals surface area (Å²) in [6.45, 7) is 7.09. The van der Waals surface area contributed by atoms with Gasteiger partial charge in [0.05, 0.1) is 5.69 Å². The van der Waals surface area contributed by atoms with E-state index < -0.39 is 0 Å². The molecule has 2 aliphatic heterocycles. The number of hydrogen-bond acceptors (Lipinski definition) is 4. The minimum atomic E-state index is 0.0639.